The molecule has 0 aliphatic rings. The van der Waals surface area contributed by atoms with Crippen LogP contribution in [0, 0.1) is 0 Å². The highest BCUT2D eigenvalue weighted by Gasteiger charge is 2.17. The Hall–Kier alpha value is -4.79. The lowest BCUT2D eigenvalue weighted by Crippen LogP contribution is -2.16. The van der Waals surface area contributed by atoms with Gasteiger partial charge in [0.05, 0.1) is 41.9 Å². The number of aromatic nitrogens is 3. The first-order valence-electron chi connectivity index (χ1n) is 11.2. The van der Waals surface area contributed by atoms with Gasteiger partial charge in [-0.1, -0.05) is 30.3 Å². The second kappa shape index (κ2) is 9.46. The van der Waals surface area contributed by atoms with Crippen molar-refractivity contribution in [3.63, 3.8) is 0 Å². The zero-order valence-corrected chi connectivity index (χ0v) is 19.6. The Morgan fingerprint density at radius 2 is 1.44 bits per heavy atom. The van der Waals surface area contributed by atoms with Crippen molar-refractivity contribution in [1.82, 2.24) is 14.5 Å². The minimum absolute atomic E-state index is 0.123. The Morgan fingerprint density at radius 3 is 2.11 bits per heavy atom. The fourth-order valence-electron chi connectivity index (χ4n) is 4.22. The highest BCUT2D eigenvalue weighted by Crippen LogP contribution is 2.28. The van der Waals surface area contributed by atoms with Gasteiger partial charge in [0.2, 0.25) is 5.91 Å². The third kappa shape index (κ3) is 4.22. The molecular formula is C27H22N4O5. The number of benzene rings is 3. The summed E-state index contributed by atoms with van der Waals surface area (Å²) < 4.78 is 11.5. The van der Waals surface area contributed by atoms with Gasteiger partial charge in [-0.2, -0.15) is 0 Å². The van der Waals surface area contributed by atoms with Crippen molar-refractivity contribution in [3.8, 4) is 0 Å². The number of carbonyl (C=O) groups is 3. The number of hydrogen-bond acceptors (Lipinski definition) is 7. The average molecular weight is 482 g/mol. The molecule has 1 N–H and O–H groups in total. The number of carbonyl (C=O) groups excluding carboxylic acids is 3. The molecule has 0 bridgehead atoms. The Balaban J connectivity index is 1.44. The Bertz CT molecular complexity index is 1620. The first-order chi connectivity index (χ1) is 17.5. The molecule has 0 fully saturated rings. The third-order valence-electron chi connectivity index (χ3n) is 5.88. The molecule has 0 spiro atoms. The SMILES string of the molecule is COC(=O)c1cc(NC(=O)CCn2c3ccccc3c3nc4ccccc4nc32)cc(C(=O)OC)c1. The molecule has 5 aromatic rings. The van der Waals surface area contributed by atoms with E-state index in [1.54, 1.807) is 0 Å². The number of methoxy groups -OCH3 is 2. The maximum absolute atomic E-state index is 12.9. The summed E-state index contributed by atoms with van der Waals surface area (Å²) in [5, 5.41) is 3.72. The van der Waals surface area contributed by atoms with Gasteiger partial charge >= 0.3 is 11.9 Å². The number of nitrogens with one attached hydrogen (secondary N) is 1. The number of amides is 1. The Labute approximate surface area is 205 Å². The van der Waals surface area contributed by atoms with Crippen LogP contribution in [0.4, 0.5) is 5.69 Å². The maximum Gasteiger partial charge on any atom is 0.337 e. The van der Waals surface area contributed by atoms with Crippen LogP contribution >= 0.6 is 0 Å². The molecule has 9 nitrogen and oxygen atoms in total. The van der Waals surface area contributed by atoms with Crippen molar-refractivity contribution in [3.05, 3.63) is 77.9 Å². The van der Waals surface area contributed by atoms with Crippen molar-refractivity contribution in [2.75, 3.05) is 19.5 Å². The van der Waals surface area contributed by atoms with Crippen LogP contribution in [0.25, 0.3) is 33.1 Å². The monoisotopic (exact) mass is 482 g/mol. The lowest BCUT2D eigenvalue weighted by Gasteiger charge is -2.11. The highest BCUT2D eigenvalue weighted by atomic mass is 16.5. The van der Waals surface area contributed by atoms with E-state index in [2.05, 4.69) is 5.32 Å². The van der Waals surface area contributed by atoms with Crippen LogP contribution in [0.15, 0.2) is 66.7 Å². The number of para-hydroxylation sites is 3. The second-order valence-electron chi connectivity index (χ2n) is 8.13. The topological polar surface area (TPSA) is 112 Å². The first kappa shape index (κ1) is 23.0. The summed E-state index contributed by atoms with van der Waals surface area (Å²) in [6.45, 7) is 0.351. The molecule has 9 heteroatoms. The third-order valence-corrected chi connectivity index (χ3v) is 5.88. The van der Waals surface area contributed by atoms with Gasteiger partial charge in [0.15, 0.2) is 5.65 Å². The van der Waals surface area contributed by atoms with Gasteiger partial charge in [0.1, 0.15) is 5.52 Å². The van der Waals surface area contributed by atoms with Gasteiger partial charge in [-0.25, -0.2) is 19.6 Å². The molecule has 180 valence electrons. The Kier molecular flexibility index (Phi) is 6.03. The number of rotatable bonds is 6. The van der Waals surface area contributed by atoms with Crippen LogP contribution in [0.5, 0.6) is 0 Å². The van der Waals surface area contributed by atoms with E-state index in [-0.39, 0.29) is 29.1 Å². The quantitative estimate of drug-likeness (QED) is 0.358. The fraction of sp³-hybridized carbons (Fsp3) is 0.148. The number of nitrogens with zero attached hydrogens (tertiary/aromatic N) is 3. The number of ether oxygens (including phenoxy) is 2. The van der Waals surface area contributed by atoms with Crippen molar-refractivity contribution in [2.45, 2.75) is 13.0 Å². The van der Waals surface area contributed by atoms with E-state index >= 15 is 0 Å². The predicted molar refractivity (Wildman–Crippen MR) is 135 cm³/mol. The van der Waals surface area contributed by atoms with Crippen molar-refractivity contribution >= 4 is 56.6 Å². The van der Waals surface area contributed by atoms with E-state index in [1.165, 1.54) is 32.4 Å². The molecule has 2 aromatic heterocycles. The molecule has 0 saturated heterocycles. The van der Waals surface area contributed by atoms with Crippen LogP contribution < -0.4 is 5.32 Å². The van der Waals surface area contributed by atoms with Gasteiger partial charge in [-0.05, 0) is 36.4 Å². The van der Waals surface area contributed by atoms with Crippen molar-refractivity contribution in [1.29, 1.82) is 0 Å². The molecule has 0 unspecified atom stereocenters. The molecule has 5 rings (SSSR count). The van der Waals surface area contributed by atoms with Gasteiger partial charge in [-0.15, -0.1) is 0 Å². The minimum Gasteiger partial charge on any atom is -0.465 e. The van der Waals surface area contributed by atoms with E-state index in [0.29, 0.717) is 12.2 Å². The van der Waals surface area contributed by atoms with Crippen molar-refractivity contribution < 1.29 is 23.9 Å². The summed E-state index contributed by atoms with van der Waals surface area (Å²) in [5.74, 6) is -1.56. The zero-order valence-electron chi connectivity index (χ0n) is 19.6. The number of hydrogen-bond donors (Lipinski definition) is 1. The van der Waals surface area contributed by atoms with Crippen LogP contribution in [-0.4, -0.2) is 46.6 Å². The van der Waals surface area contributed by atoms with E-state index in [0.717, 1.165) is 27.5 Å². The summed E-state index contributed by atoms with van der Waals surface area (Å²) in [5.41, 5.74) is 4.51. The largest absolute Gasteiger partial charge is 0.465 e. The predicted octanol–water partition coefficient (Wildman–Crippen LogP) is 4.34. The molecule has 0 aliphatic heterocycles. The molecule has 0 atom stereocenters. The summed E-state index contributed by atoms with van der Waals surface area (Å²) in [7, 11) is 2.48. The summed E-state index contributed by atoms with van der Waals surface area (Å²) in [4.78, 5) is 46.6. The summed E-state index contributed by atoms with van der Waals surface area (Å²) >= 11 is 0. The van der Waals surface area contributed by atoms with Crippen LogP contribution in [-0.2, 0) is 20.8 Å². The standard InChI is InChI=1S/C27H22N4O5/c1-35-26(33)16-13-17(27(34)36-2)15-18(14-16)28-23(32)11-12-31-22-10-6-3-7-19(22)24-25(31)30-21-9-5-4-8-20(21)29-24/h3-10,13-15H,11-12H2,1-2H3,(H,28,32). The molecule has 36 heavy (non-hydrogen) atoms. The second-order valence-corrected chi connectivity index (χ2v) is 8.13. The normalized spacial score (nSPS) is 11.1. The lowest BCUT2D eigenvalue weighted by molar-refractivity contribution is -0.116. The van der Waals surface area contributed by atoms with Gasteiger partial charge < -0.3 is 19.4 Å². The molecule has 2 heterocycles. The Morgan fingerprint density at radius 1 is 0.833 bits per heavy atom. The summed E-state index contributed by atoms with van der Waals surface area (Å²) in [6, 6.07) is 19.8. The van der Waals surface area contributed by atoms with Crippen LogP contribution in [0.3, 0.4) is 0 Å². The number of aryl methyl sites for hydroxylation is 1. The number of anilines is 1. The number of esters is 2. The smallest absolute Gasteiger partial charge is 0.337 e. The van der Waals surface area contributed by atoms with Gasteiger partial charge in [-0.3, -0.25) is 4.79 Å². The summed E-state index contributed by atoms with van der Waals surface area (Å²) in [6.07, 6.45) is 0.123. The molecule has 1 amide bonds. The molecule has 0 aliphatic carbocycles. The maximum atomic E-state index is 12.9. The molecular weight excluding hydrogens is 460 g/mol. The van der Waals surface area contributed by atoms with Gasteiger partial charge in [0.25, 0.3) is 0 Å². The van der Waals surface area contributed by atoms with Gasteiger partial charge in [0, 0.05) is 24.0 Å². The molecule has 0 saturated carbocycles. The van der Waals surface area contributed by atoms with E-state index < -0.39 is 11.9 Å². The first-order valence-corrected chi connectivity index (χ1v) is 11.2. The number of fused-ring (bicyclic) bond motifs is 4. The van der Waals surface area contributed by atoms with Crippen LogP contribution in [0.2, 0.25) is 0 Å². The van der Waals surface area contributed by atoms with E-state index in [1.807, 2.05) is 53.1 Å². The highest BCUT2D eigenvalue weighted by molar-refractivity contribution is 6.06. The van der Waals surface area contributed by atoms with E-state index in [9.17, 15) is 14.4 Å². The zero-order chi connectivity index (χ0) is 25.2. The fourth-order valence-corrected chi connectivity index (χ4v) is 4.22. The van der Waals surface area contributed by atoms with Crippen LogP contribution in [0.1, 0.15) is 27.1 Å². The average Bonchev–Trinajstić information content (AvgIpc) is 3.21. The van der Waals surface area contributed by atoms with E-state index in [4.69, 9.17) is 19.4 Å². The molecule has 0 radical (unpaired) electrons. The van der Waals surface area contributed by atoms with Crippen molar-refractivity contribution in [2.24, 2.45) is 0 Å². The minimum atomic E-state index is -0.632. The molecule has 3 aromatic carbocycles. The lowest BCUT2D eigenvalue weighted by atomic mass is 10.1.